The van der Waals surface area contributed by atoms with Gasteiger partial charge in [0, 0.05) is 12.0 Å². The number of carbonyl (C=O) groups is 1. The first kappa shape index (κ1) is 15.8. The maximum atomic E-state index is 12.0. The van der Waals surface area contributed by atoms with Gasteiger partial charge in [-0.3, -0.25) is 9.78 Å². The third-order valence-electron chi connectivity index (χ3n) is 5.06. The van der Waals surface area contributed by atoms with Gasteiger partial charge < -0.3 is 15.4 Å². The average Bonchev–Trinajstić information content (AvgIpc) is 2.80. The van der Waals surface area contributed by atoms with Crippen LogP contribution in [0.25, 0.3) is 0 Å². The topological polar surface area (TPSA) is 89.0 Å². The monoisotopic (exact) mass is 339 g/mol. The molecule has 1 aliphatic carbocycles. The smallest absolute Gasteiger partial charge is 0.237 e. The number of hydrogen-bond donors (Lipinski definition) is 2. The molecule has 25 heavy (non-hydrogen) atoms. The Balaban J connectivity index is 1.41. The number of nitrogens with one attached hydrogen (secondary N) is 2. The van der Waals surface area contributed by atoms with Gasteiger partial charge in [0.1, 0.15) is 11.6 Å². The van der Waals surface area contributed by atoms with Crippen molar-refractivity contribution < 1.29 is 9.53 Å². The summed E-state index contributed by atoms with van der Waals surface area (Å²) < 4.78 is 5.12. The van der Waals surface area contributed by atoms with E-state index in [9.17, 15) is 4.79 Å². The Morgan fingerprint density at radius 3 is 2.72 bits per heavy atom. The molecule has 1 aliphatic heterocycles. The molecule has 4 rings (SSSR count). The highest BCUT2D eigenvalue weighted by Crippen LogP contribution is 2.40. The molecule has 2 aliphatic rings. The summed E-state index contributed by atoms with van der Waals surface area (Å²) in [4.78, 5) is 25.5. The molecule has 0 spiro atoms. The van der Waals surface area contributed by atoms with Crippen LogP contribution >= 0.6 is 0 Å². The molecule has 3 heterocycles. The van der Waals surface area contributed by atoms with Crippen LogP contribution in [0.2, 0.25) is 0 Å². The lowest BCUT2D eigenvalue weighted by Gasteiger charge is -2.36. The zero-order valence-electron chi connectivity index (χ0n) is 14.5. The number of carbonyl (C=O) groups excluding carboxylic acids is 1. The summed E-state index contributed by atoms with van der Waals surface area (Å²) in [6.45, 7) is 3.76. The predicted octanol–water partition coefficient (Wildman–Crippen LogP) is 2.47. The number of rotatable bonds is 4. The van der Waals surface area contributed by atoms with E-state index in [2.05, 4.69) is 20.6 Å². The minimum Gasteiger partial charge on any atom is -0.495 e. The lowest BCUT2D eigenvalue weighted by Crippen LogP contribution is -2.35. The zero-order valence-corrected chi connectivity index (χ0v) is 14.5. The minimum absolute atomic E-state index is 0.0432. The normalized spacial score (nSPS) is 23.4. The number of methoxy groups -OCH3 is 1. The molecule has 0 radical (unpaired) electrons. The molecule has 2 aromatic rings. The molecule has 0 bridgehead atoms. The van der Waals surface area contributed by atoms with Gasteiger partial charge >= 0.3 is 0 Å². The highest BCUT2D eigenvalue weighted by atomic mass is 16.5. The van der Waals surface area contributed by atoms with Crippen molar-refractivity contribution in [1.82, 2.24) is 15.0 Å². The number of anilines is 2. The van der Waals surface area contributed by atoms with E-state index in [1.807, 2.05) is 26.0 Å². The van der Waals surface area contributed by atoms with E-state index in [4.69, 9.17) is 9.72 Å². The van der Waals surface area contributed by atoms with Gasteiger partial charge in [0.2, 0.25) is 5.91 Å². The van der Waals surface area contributed by atoms with Crippen LogP contribution in [0.3, 0.4) is 0 Å². The van der Waals surface area contributed by atoms with Crippen LogP contribution in [0.4, 0.5) is 11.6 Å². The third kappa shape index (κ3) is 2.69. The molecule has 0 aromatic carbocycles. The standard InChI is InChI=1S/C18H21N5O2/c1-18(2)15-16(23-17(18)24)20-9-13(22-15)10-6-11(7-10)21-14-5-4-12(25-3)8-19-14/h4-5,8-11H,6-7H2,1-3H3,(H,19,21)(H,20,23,24). The van der Waals surface area contributed by atoms with E-state index in [-0.39, 0.29) is 5.91 Å². The molecule has 0 unspecified atom stereocenters. The maximum absolute atomic E-state index is 12.0. The first-order valence-corrected chi connectivity index (χ1v) is 8.43. The summed E-state index contributed by atoms with van der Waals surface area (Å²) in [6, 6.07) is 4.18. The van der Waals surface area contributed by atoms with E-state index in [0.29, 0.717) is 17.8 Å². The molecule has 130 valence electrons. The Labute approximate surface area is 146 Å². The summed E-state index contributed by atoms with van der Waals surface area (Å²) in [6.07, 6.45) is 5.44. The van der Waals surface area contributed by atoms with Crippen LogP contribution in [0.5, 0.6) is 5.75 Å². The number of ether oxygens (including phenoxy) is 1. The van der Waals surface area contributed by atoms with Gasteiger partial charge in [-0.05, 0) is 38.8 Å². The average molecular weight is 339 g/mol. The Morgan fingerprint density at radius 1 is 1.24 bits per heavy atom. The molecule has 2 aromatic heterocycles. The van der Waals surface area contributed by atoms with Crippen molar-refractivity contribution in [2.45, 2.75) is 44.1 Å². The van der Waals surface area contributed by atoms with Gasteiger partial charge in [0.05, 0.1) is 36.3 Å². The molecule has 1 saturated carbocycles. The fourth-order valence-electron chi connectivity index (χ4n) is 3.27. The lowest BCUT2D eigenvalue weighted by molar-refractivity contribution is -0.119. The SMILES string of the molecule is COc1ccc(NC2CC(c3cnc4c(n3)C(C)(C)C(=O)N4)C2)nc1. The first-order valence-electron chi connectivity index (χ1n) is 8.43. The second-order valence-corrected chi connectivity index (χ2v) is 7.16. The van der Waals surface area contributed by atoms with Crippen LogP contribution in [0.15, 0.2) is 24.5 Å². The van der Waals surface area contributed by atoms with Crippen molar-refractivity contribution in [2.24, 2.45) is 0 Å². The van der Waals surface area contributed by atoms with Gasteiger partial charge in [0.25, 0.3) is 0 Å². The Hall–Kier alpha value is -2.70. The predicted molar refractivity (Wildman–Crippen MR) is 93.9 cm³/mol. The van der Waals surface area contributed by atoms with E-state index in [1.165, 1.54) is 0 Å². The lowest BCUT2D eigenvalue weighted by atomic mass is 9.78. The molecular formula is C18H21N5O2. The fraction of sp³-hybridized carbons (Fsp3) is 0.444. The summed E-state index contributed by atoms with van der Waals surface area (Å²) in [5.41, 5.74) is 1.10. The highest BCUT2D eigenvalue weighted by Gasteiger charge is 2.42. The number of aromatic nitrogens is 3. The molecular weight excluding hydrogens is 318 g/mol. The van der Waals surface area contributed by atoms with Crippen molar-refractivity contribution in [3.05, 3.63) is 35.9 Å². The molecule has 0 saturated heterocycles. The Morgan fingerprint density at radius 2 is 2.04 bits per heavy atom. The Kier molecular flexibility index (Phi) is 3.59. The summed E-state index contributed by atoms with van der Waals surface area (Å²) in [5, 5.41) is 6.22. The van der Waals surface area contributed by atoms with Gasteiger partial charge in [-0.15, -0.1) is 0 Å². The van der Waals surface area contributed by atoms with Crippen LogP contribution in [0.1, 0.15) is 44.0 Å². The van der Waals surface area contributed by atoms with Gasteiger partial charge in [-0.1, -0.05) is 0 Å². The Bertz CT molecular complexity index is 813. The van der Waals surface area contributed by atoms with Crippen molar-refractivity contribution in [1.29, 1.82) is 0 Å². The second-order valence-electron chi connectivity index (χ2n) is 7.16. The minimum atomic E-state index is -0.618. The summed E-state index contributed by atoms with van der Waals surface area (Å²) >= 11 is 0. The number of pyridine rings is 1. The van der Waals surface area contributed by atoms with E-state index >= 15 is 0 Å². The summed E-state index contributed by atoms with van der Waals surface area (Å²) in [7, 11) is 1.63. The van der Waals surface area contributed by atoms with Crippen molar-refractivity contribution in [3.63, 3.8) is 0 Å². The van der Waals surface area contributed by atoms with Crippen LogP contribution in [-0.4, -0.2) is 34.0 Å². The molecule has 0 atom stereocenters. The highest BCUT2D eigenvalue weighted by molar-refractivity contribution is 6.03. The molecule has 1 amide bonds. The van der Waals surface area contributed by atoms with Crippen molar-refractivity contribution >= 4 is 17.5 Å². The molecule has 2 N–H and O–H groups in total. The summed E-state index contributed by atoms with van der Waals surface area (Å²) in [5.74, 6) is 2.50. The van der Waals surface area contributed by atoms with E-state index in [0.717, 1.165) is 35.8 Å². The van der Waals surface area contributed by atoms with Gasteiger partial charge in [0.15, 0.2) is 5.82 Å². The second kappa shape index (κ2) is 5.68. The van der Waals surface area contributed by atoms with Crippen molar-refractivity contribution in [2.75, 3.05) is 17.7 Å². The van der Waals surface area contributed by atoms with Crippen LogP contribution in [-0.2, 0) is 10.2 Å². The third-order valence-corrected chi connectivity index (χ3v) is 5.06. The fourth-order valence-corrected chi connectivity index (χ4v) is 3.27. The van der Waals surface area contributed by atoms with E-state index < -0.39 is 5.41 Å². The molecule has 7 nitrogen and oxygen atoms in total. The number of amides is 1. The number of fused-ring (bicyclic) bond motifs is 1. The largest absolute Gasteiger partial charge is 0.495 e. The van der Waals surface area contributed by atoms with Crippen LogP contribution in [0, 0.1) is 0 Å². The molecule has 7 heteroatoms. The van der Waals surface area contributed by atoms with Gasteiger partial charge in [-0.2, -0.15) is 0 Å². The number of nitrogens with zero attached hydrogens (tertiary/aromatic N) is 3. The quantitative estimate of drug-likeness (QED) is 0.889. The number of hydrogen-bond acceptors (Lipinski definition) is 6. The van der Waals surface area contributed by atoms with Gasteiger partial charge in [-0.25, -0.2) is 9.97 Å². The maximum Gasteiger partial charge on any atom is 0.237 e. The first-order chi connectivity index (χ1) is 12.0. The molecule has 1 fully saturated rings. The van der Waals surface area contributed by atoms with Crippen LogP contribution < -0.4 is 15.4 Å². The van der Waals surface area contributed by atoms with E-state index in [1.54, 1.807) is 19.5 Å². The zero-order chi connectivity index (χ0) is 17.6. The van der Waals surface area contributed by atoms with Crippen molar-refractivity contribution in [3.8, 4) is 5.75 Å².